The van der Waals surface area contributed by atoms with Gasteiger partial charge in [0.15, 0.2) is 0 Å². The van der Waals surface area contributed by atoms with Gasteiger partial charge in [0.25, 0.3) is 0 Å². The minimum atomic E-state index is 0. The Morgan fingerprint density at radius 1 is 1.67 bits per heavy atom. The fourth-order valence-electron chi connectivity index (χ4n) is 0.862. The molecule has 0 aliphatic carbocycles. The first kappa shape index (κ1) is 8.95. The van der Waals surface area contributed by atoms with Gasteiger partial charge in [-0.3, -0.25) is 4.79 Å². The van der Waals surface area contributed by atoms with Crippen LogP contribution in [0.5, 0.6) is 0 Å². The van der Waals surface area contributed by atoms with Gasteiger partial charge in [-0.05, 0) is 12.6 Å². The molecule has 3 heteroatoms. The molecule has 1 saturated heterocycles. The van der Waals surface area contributed by atoms with Crippen LogP contribution in [-0.4, -0.2) is 17.4 Å². The molecule has 1 rings (SSSR count). The first-order chi connectivity index (χ1) is 3.84. The normalized spacial score (nSPS) is 17.3. The molecule has 1 fully saturated rings. The largest absolute Gasteiger partial charge is 0.320 e. The van der Waals surface area contributed by atoms with E-state index in [2.05, 4.69) is 6.58 Å². The molecule has 1 amide bonds. The van der Waals surface area contributed by atoms with Crippen LogP contribution in [0.25, 0.3) is 0 Å². The molecule has 55 valence electrons. The summed E-state index contributed by atoms with van der Waals surface area (Å²) in [6, 6.07) is 0. The van der Waals surface area contributed by atoms with Gasteiger partial charge in [-0.2, -0.15) is 0 Å². The molecular weight excluding hydrogens is 299 g/mol. The second-order valence-electron chi connectivity index (χ2n) is 1.87. The third kappa shape index (κ3) is 1.97. The van der Waals surface area contributed by atoms with E-state index in [0.29, 0.717) is 6.42 Å². The quantitative estimate of drug-likeness (QED) is 0.655. The monoisotopic (exact) mass is 308 g/mol. The number of carbonyl (C=O) groups is 1. The van der Waals surface area contributed by atoms with Crippen molar-refractivity contribution in [3.8, 4) is 0 Å². The molecule has 1 heterocycles. The second kappa shape index (κ2) is 3.88. The Kier molecular flexibility index (Phi) is 3.86. The predicted octanol–water partition coefficient (Wildman–Crippen LogP) is 0.750. The summed E-state index contributed by atoms with van der Waals surface area (Å²) in [6.07, 6.45) is 3.28. The standard InChI is InChI=1S/C6H9NO.Au/c1-2-7-5-3-4-6(7)8;/h2H,1,3-5H2;. The molecular formula is C6H9AuNO. The van der Waals surface area contributed by atoms with Crippen LogP contribution in [0.4, 0.5) is 0 Å². The van der Waals surface area contributed by atoms with Crippen LogP contribution in [-0.2, 0) is 27.2 Å². The average molecular weight is 308 g/mol. The van der Waals surface area contributed by atoms with Crippen LogP contribution >= 0.6 is 0 Å². The third-order valence-corrected chi connectivity index (χ3v) is 1.33. The molecule has 1 aliphatic heterocycles. The van der Waals surface area contributed by atoms with Gasteiger partial charge in [0, 0.05) is 35.3 Å². The maximum atomic E-state index is 10.7. The zero-order chi connectivity index (χ0) is 5.98. The van der Waals surface area contributed by atoms with Crippen LogP contribution in [0.2, 0.25) is 0 Å². The molecule has 9 heavy (non-hydrogen) atoms. The van der Waals surface area contributed by atoms with Gasteiger partial charge in [0.1, 0.15) is 0 Å². The van der Waals surface area contributed by atoms with Crippen LogP contribution in [0.3, 0.4) is 0 Å². The molecule has 0 atom stereocenters. The van der Waals surface area contributed by atoms with Crippen LogP contribution in [0.1, 0.15) is 12.8 Å². The van der Waals surface area contributed by atoms with E-state index in [4.69, 9.17) is 0 Å². The number of likely N-dealkylation sites (tertiary alicyclic amines) is 1. The Bertz CT molecular complexity index is 124. The second-order valence-corrected chi connectivity index (χ2v) is 1.87. The van der Waals surface area contributed by atoms with Crippen LogP contribution in [0, 0.1) is 0 Å². The number of rotatable bonds is 1. The number of carbonyl (C=O) groups excluding carboxylic acids is 1. The Labute approximate surface area is 70.4 Å². The Balaban J connectivity index is 0.000000640. The van der Waals surface area contributed by atoms with E-state index in [1.807, 2.05) is 0 Å². The minimum absolute atomic E-state index is 0. The maximum absolute atomic E-state index is 10.7. The van der Waals surface area contributed by atoms with Crippen LogP contribution < -0.4 is 0 Å². The number of hydrogen-bond acceptors (Lipinski definition) is 1. The smallest absolute Gasteiger partial charge is 0.226 e. The van der Waals surface area contributed by atoms with Crippen molar-refractivity contribution < 1.29 is 27.2 Å². The zero-order valence-electron chi connectivity index (χ0n) is 5.06. The average Bonchev–Trinajstić information content (AvgIpc) is 2.14. The van der Waals surface area contributed by atoms with Crippen molar-refractivity contribution in [3.63, 3.8) is 0 Å². The van der Waals surface area contributed by atoms with E-state index < -0.39 is 0 Å². The third-order valence-electron chi connectivity index (χ3n) is 1.33. The van der Waals surface area contributed by atoms with Crippen molar-refractivity contribution >= 4 is 5.91 Å². The maximum Gasteiger partial charge on any atom is 0.226 e. The fraction of sp³-hybridized carbons (Fsp3) is 0.500. The summed E-state index contributed by atoms with van der Waals surface area (Å²) in [6.45, 7) is 4.36. The van der Waals surface area contributed by atoms with Gasteiger partial charge in [-0.25, -0.2) is 0 Å². The first-order valence-electron chi connectivity index (χ1n) is 2.76. The van der Waals surface area contributed by atoms with Crippen molar-refractivity contribution in [2.75, 3.05) is 6.54 Å². The Morgan fingerprint density at radius 2 is 2.33 bits per heavy atom. The molecule has 1 radical (unpaired) electrons. The van der Waals surface area contributed by atoms with E-state index in [1.165, 1.54) is 0 Å². The Morgan fingerprint density at radius 3 is 2.56 bits per heavy atom. The van der Waals surface area contributed by atoms with Crippen LogP contribution in [0.15, 0.2) is 12.8 Å². The summed E-state index contributed by atoms with van der Waals surface area (Å²) >= 11 is 0. The zero-order valence-corrected chi connectivity index (χ0v) is 7.23. The van der Waals surface area contributed by atoms with Crippen molar-refractivity contribution in [3.05, 3.63) is 12.8 Å². The van der Waals surface area contributed by atoms with Gasteiger partial charge in [-0.1, -0.05) is 6.58 Å². The molecule has 0 saturated carbocycles. The van der Waals surface area contributed by atoms with Gasteiger partial charge in [-0.15, -0.1) is 0 Å². The molecule has 0 aromatic rings. The summed E-state index contributed by atoms with van der Waals surface area (Å²) < 4.78 is 0. The van der Waals surface area contributed by atoms with E-state index in [0.717, 1.165) is 13.0 Å². The topological polar surface area (TPSA) is 20.3 Å². The molecule has 0 unspecified atom stereocenters. The minimum Gasteiger partial charge on any atom is -0.320 e. The summed E-state index contributed by atoms with van der Waals surface area (Å²) in [5.41, 5.74) is 0. The number of hydrogen-bond donors (Lipinski definition) is 0. The van der Waals surface area contributed by atoms with E-state index in [1.54, 1.807) is 11.1 Å². The van der Waals surface area contributed by atoms with Crippen molar-refractivity contribution in [2.45, 2.75) is 12.8 Å². The molecule has 0 aromatic heterocycles. The van der Waals surface area contributed by atoms with Crippen molar-refractivity contribution in [2.24, 2.45) is 0 Å². The number of amides is 1. The summed E-state index contributed by atoms with van der Waals surface area (Å²) in [5.74, 6) is 0.208. The van der Waals surface area contributed by atoms with Gasteiger partial charge in [0.2, 0.25) is 5.91 Å². The summed E-state index contributed by atoms with van der Waals surface area (Å²) in [5, 5.41) is 0. The van der Waals surface area contributed by atoms with Gasteiger partial charge in [0.05, 0.1) is 0 Å². The first-order valence-corrected chi connectivity index (χ1v) is 2.76. The number of nitrogens with zero attached hydrogens (tertiary/aromatic N) is 1. The van der Waals surface area contributed by atoms with Gasteiger partial charge < -0.3 is 4.90 Å². The SMILES string of the molecule is C=CN1CCCC1=O.[Au]. The summed E-state index contributed by atoms with van der Waals surface area (Å²) in [7, 11) is 0. The van der Waals surface area contributed by atoms with Crippen molar-refractivity contribution in [1.82, 2.24) is 4.90 Å². The molecule has 1 aliphatic rings. The molecule has 0 bridgehead atoms. The molecule has 2 nitrogen and oxygen atoms in total. The molecule has 0 N–H and O–H groups in total. The van der Waals surface area contributed by atoms with E-state index in [-0.39, 0.29) is 28.3 Å². The van der Waals surface area contributed by atoms with E-state index >= 15 is 0 Å². The van der Waals surface area contributed by atoms with E-state index in [9.17, 15) is 4.79 Å². The fourth-order valence-corrected chi connectivity index (χ4v) is 0.862. The Hall–Kier alpha value is -0.0497. The molecule has 0 aromatic carbocycles. The summed E-state index contributed by atoms with van der Waals surface area (Å²) in [4.78, 5) is 12.3. The molecule has 0 spiro atoms. The predicted molar refractivity (Wildman–Crippen MR) is 31.1 cm³/mol. The van der Waals surface area contributed by atoms with Crippen molar-refractivity contribution in [1.29, 1.82) is 0 Å². The van der Waals surface area contributed by atoms with Gasteiger partial charge >= 0.3 is 0 Å².